The number of nitrogens with one attached hydrogen (secondary N) is 1. The van der Waals surface area contributed by atoms with Crippen LogP contribution in [0.2, 0.25) is 0 Å². The minimum Gasteiger partial charge on any atom is -0.490 e. The van der Waals surface area contributed by atoms with Crippen LogP contribution in [-0.2, 0) is 16.1 Å². The van der Waals surface area contributed by atoms with E-state index in [0.717, 1.165) is 24.2 Å². The van der Waals surface area contributed by atoms with Gasteiger partial charge in [0.25, 0.3) is 0 Å². The molecule has 0 heterocycles. The molecule has 0 bridgehead atoms. The van der Waals surface area contributed by atoms with E-state index in [9.17, 15) is 4.79 Å². The van der Waals surface area contributed by atoms with Crippen molar-refractivity contribution in [2.24, 2.45) is 11.1 Å². The molecule has 2 fully saturated rings. The van der Waals surface area contributed by atoms with Crippen LogP contribution in [0.3, 0.4) is 0 Å². The van der Waals surface area contributed by atoms with Gasteiger partial charge in [-0.2, -0.15) is 0 Å². The van der Waals surface area contributed by atoms with Crippen molar-refractivity contribution >= 4 is 18.3 Å². The van der Waals surface area contributed by atoms with Gasteiger partial charge < -0.3 is 20.5 Å². The van der Waals surface area contributed by atoms with Gasteiger partial charge in [-0.3, -0.25) is 4.79 Å². The van der Waals surface area contributed by atoms with E-state index in [4.69, 9.17) is 15.2 Å². The van der Waals surface area contributed by atoms with Crippen molar-refractivity contribution in [3.63, 3.8) is 0 Å². The second kappa shape index (κ2) is 9.47. The van der Waals surface area contributed by atoms with Crippen LogP contribution < -0.4 is 15.8 Å². The zero-order valence-electron chi connectivity index (χ0n) is 17.3. The molecule has 0 aromatic heterocycles. The number of carbonyl (C=O) groups is 1. The standard InChI is InChI=1S/C22H34N2O3.ClH/c1-4-26-19-14-22(23,21(19,2)3)20(25)24-15-16-10-12-18(13-11-16)27-17-8-6-5-7-9-17;/h10-13,17,19H,4-9,14-15,23H2,1-3H3,(H,24,25);1H. The molecule has 2 aliphatic rings. The van der Waals surface area contributed by atoms with Gasteiger partial charge in [0.05, 0.1) is 12.2 Å². The van der Waals surface area contributed by atoms with Crippen LogP contribution in [0.5, 0.6) is 5.75 Å². The fraction of sp³-hybridized carbons (Fsp3) is 0.682. The molecular formula is C22H35ClN2O3. The van der Waals surface area contributed by atoms with Gasteiger partial charge in [0.2, 0.25) is 5.91 Å². The Labute approximate surface area is 175 Å². The summed E-state index contributed by atoms with van der Waals surface area (Å²) >= 11 is 0. The molecule has 0 radical (unpaired) electrons. The van der Waals surface area contributed by atoms with Crippen LogP contribution in [0.15, 0.2) is 24.3 Å². The zero-order valence-corrected chi connectivity index (χ0v) is 18.1. The fourth-order valence-corrected chi connectivity index (χ4v) is 4.22. The molecule has 1 aromatic rings. The lowest BCUT2D eigenvalue weighted by Gasteiger charge is -2.57. The molecular weight excluding hydrogens is 376 g/mol. The Morgan fingerprint density at radius 1 is 1.18 bits per heavy atom. The van der Waals surface area contributed by atoms with E-state index in [-0.39, 0.29) is 29.8 Å². The van der Waals surface area contributed by atoms with Crippen molar-refractivity contribution in [3.05, 3.63) is 29.8 Å². The number of halogens is 1. The third-order valence-electron chi connectivity index (χ3n) is 6.47. The highest BCUT2D eigenvalue weighted by atomic mass is 35.5. The molecule has 2 aliphatic carbocycles. The van der Waals surface area contributed by atoms with Crippen LogP contribution in [-0.4, -0.2) is 30.3 Å². The van der Waals surface area contributed by atoms with Gasteiger partial charge in [-0.15, -0.1) is 12.4 Å². The van der Waals surface area contributed by atoms with E-state index >= 15 is 0 Å². The molecule has 2 unspecified atom stereocenters. The summed E-state index contributed by atoms with van der Waals surface area (Å²) in [6.45, 7) is 7.09. The summed E-state index contributed by atoms with van der Waals surface area (Å²) in [6, 6.07) is 8.01. The fourth-order valence-electron chi connectivity index (χ4n) is 4.22. The first-order valence-electron chi connectivity index (χ1n) is 10.3. The van der Waals surface area contributed by atoms with Crippen LogP contribution in [0, 0.1) is 5.41 Å². The third kappa shape index (κ3) is 4.64. The number of rotatable bonds is 7. The molecule has 0 saturated heterocycles. The van der Waals surface area contributed by atoms with Crippen LogP contribution in [0.25, 0.3) is 0 Å². The summed E-state index contributed by atoms with van der Waals surface area (Å²) in [7, 11) is 0. The number of nitrogens with two attached hydrogens (primary N) is 1. The molecule has 3 N–H and O–H groups in total. The van der Waals surface area contributed by atoms with Crippen molar-refractivity contribution in [1.82, 2.24) is 5.32 Å². The summed E-state index contributed by atoms with van der Waals surface area (Å²) in [6.07, 6.45) is 7.09. The smallest absolute Gasteiger partial charge is 0.241 e. The van der Waals surface area contributed by atoms with E-state index in [1.807, 2.05) is 45.0 Å². The number of hydrogen-bond acceptors (Lipinski definition) is 4. The average Bonchev–Trinajstić information content (AvgIpc) is 2.67. The summed E-state index contributed by atoms with van der Waals surface area (Å²) in [4.78, 5) is 12.7. The molecule has 5 nitrogen and oxygen atoms in total. The Balaban J connectivity index is 0.00000280. The Kier molecular flexibility index (Phi) is 7.77. The first-order chi connectivity index (χ1) is 12.9. The molecule has 0 aliphatic heterocycles. The van der Waals surface area contributed by atoms with Crippen molar-refractivity contribution < 1.29 is 14.3 Å². The number of benzene rings is 1. The van der Waals surface area contributed by atoms with Gasteiger partial charge in [0, 0.05) is 25.0 Å². The predicted molar refractivity (Wildman–Crippen MR) is 114 cm³/mol. The maximum Gasteiger partial charge on any atom is 0.241 e. The van der Waals surface area contributed by atoms with Crippen LogP contribution >= 0.6 is 12.4 Å². The highest BCUT2D eigenvalue weighted by Gasteiger charge is 2.62. The van der Waals surface area contributed by atoms with Crippen molar-refractivity contribution in [1.29, 1.82) is 0 Å². The van der Waals surface area contributed by atoms with Crippen molar-refractivity contribution in [2.75, 3.05) is 6.61 Å². The molecule has 158 valence electrons. The Morgan fingerprint density at radius 3 is 2.39 bits per heavy atom. The van der Waals surface area contributed by atoms with Gasteiger partial charge in [-0.25, -0.2) is 0 Å². The van der Waals surface area contributed by atoms with E-state index in [2.05, 4.69) is 5.32 Å². The Morgan fingerprint density at radius 2 is 1.82 bits per heavy atom. The SMILES string of the molecule is CCOC1CC(N)(C(=O)NCc2ccc(OC3CCCCC3)cc2)C1(C)C.Cl. The maximum absolute atomic E-state index is 12.7. The Hall–Kier alpha value is -1.30. The maximum atomic E-state index is 12.7. The summed E-state index contributed by atoms with van der Waals surface area (Å²) in [5.74, 6) is 0.804. The normalized spacial score (nSPS) is 26.6. The molecule has 6 heteroatoms. The largest absolute Gasteiger partial charge is 0.490 e. The lowest BCUT2D eigenvalue weighted by Crippen LogP contribution is -2.75. The second-order valence-electron chi connectivity index (χ2n) is 8.55. The highest BCUT2D eigenvalue weighted by molar-refractivity contribution is 5.88. The predicted octanol–water partition coefficient (Wildman–Crippen LogP) is 3.97. The molecule has 1 amide bonds. The topological polar surface area (TPSA) is 73.6 Å². The monoisotopic (exact) mass is 410 g/mol. The van der Waals surface area contributed by atoms with Gasteiger partial charge in [0.15, 0.2) is 0 Å². The highest BCUT2D eigenvalue weighted by Crippen LogP contribution is 2.49. The molecule has 0 spiro atoms. The van der Waals surface area contributed by atoms with E-state index in [0.29, 0.717) is 25.7 Å². The van der Waals surface area contributed by atoms with E-state index < -0.39 is 5.54 Å². The lowest BCUT2D eigenvalue weighted by molar-refractivity contribution is -0.170. The van der Waals surface area contributed by atoms with Crippen molar-refractivity contribution in [3.8, 4) is 5.75 Å². The number of hydrogen-bond donors (Lipinski definition) is 2. The minimum atomic E-state index is -0.878. The first-order valence-corrected chi connectivity index (χ1v) is 10.3. The number of amides is 1. The van der Waals surface area contributed by atoms with E-state index in [1.54, 1.807) is 0 Å². The number of ether oxygens (including phenoxy) is 2. The lowest BCUT2D eigenvalue weighted by atomic mass is 9.54. The quantitative estimate of drug-likeness (QED) is 0.713. The zero-order chi connectivity index (χ0) is 19.5. The number of carbonyl (C=O) groups excluding carboxylic acids is 1. The minimum absolute atomic E-state index is 0. The van der Waals surface area contributed by atoms with Gasteiger partial charge in [-0.05, 0) is 50.3 Å². The summed E-state index contributed by atoms with van der Waals surface area (Å²) in [5, 5.41) is 3.00. The third-order valence-corrected chi connectivity index (χ3v) is 6.47. The first kappa shape index (κ1) is 23.0. The van der Waals surface area contributed by atoms with Crippen LogP contribution in [0.1, 0.15) is 64.9 Å². The summed E-state index contributed by atoms with van der Waals surface area (Å²) < 4.78 is 11.8. The molecule has 3 rings (SSSR count). The molecule has 2 saturated carbocycles. The molecule has 1 aromatic carbocycles. The van der Waals surface area contributed by atoms with Crippen molar-refractivity contribution in [2.45, 2.75) is 83.6 Å². The van der Waals surface area contributed by atoms with Gasteiger partial charge in [0.1, 0.15) is 11.3 Å². The van der Waals surface area contributed by atoms with Gasteiger partial charge in [-0.1, -0.05) is 32.4 Å². The van der Waals surface area contributed by atoms with Gasteiger partial charge >= 0.3 is 0 Å². The molecule has 28 heavy (non-hydrogen) atoms. The van der Waals surface area contributed by atoms with Crippen LogP contribution in [0.4, 0.5) is 0 Å². The summed E-state index contributed by atoms with van der Waals surface area (Å²) in [5.41, 5.74) is 6.22. The molecule has 2 atom stereocenters. The average molecular weight is 411 g/mol. The second-order valence-corrected chi connectivity index (χ2v) is 8.55. The van der Waals surface area contributed by atoms with E-state index in [1.165, 1.54) is 19.3 Å². The Bertz CT molecular complexity index is 644.